The number of primary amides is 1. The van der Waals surface area contributed by atoms with E-state index in [2.05, 4.69) is 10.6 Å². The number of halogens is 2. The molecule has 2 amide bonds. The van der Waals surface area contributed by atoms with Gasteiger partial charge in [0.15, 0.2) is 0 Å². The van der Waals surface area contributed by atoms with E-state index < -0.39 is 35.2 Å². The van der Waals surface area contributed by atoms with E-state index in [0.717, 1.165) is 12.1 Å². The fraction of sp³-hybridized carbons (Fsp3) is 0.273. The fourth-order valence-corrected chi connectivity index (χ4v) is 1.15. The van der Waals surface area contributed by atoms with Gasteiger partial charge in [-0.2, -0.15) is 0 Å². The Kier molecular flexibility index (Phi) is 4.73. The van der Waals surface area contributed by atoms with E-state index in [1.807, 2.05) is 0 Å². The van der Waals surface area contributed by atoms with E-state index in [-0.39, 0.29) is 6.54 Å². The van der Waals surface area contributed by atoms with Gasteiger partial charge in [0.2, 0.25) is 11.8 Å². The predicted octanol–water partition coefficient (Wildman–Crippen LogP) is 0.367. The van der Waals surface area contributed by atoms with Gasteiger partial charge < -0.3 is 11.1 Å². The van der Waals surface area contributed by atoms with Crippen LogP contribution < -0.4 is 16.4 Å². The highest BCUT2D eigenvalue weighted by Gasteiger charge is 2.13. The second kappa shape index (κ2) is 6.06. The largest absolute Gasteiger partial charge is 0.368 e. The van der Waals surface area contributed by atoms with Crippen molar-refractivity contribution in [2.45, 2.75) is 13.0 Å². The number of carbonyl (C=O) groups excluding carboxylic acids is 2. The SMILES string of the molecule is CC(NCC(=O)Nc1c(F)cccc1F)C(N)=O. The molecule has 5 nitrogen and oxygen atoms in total. The zero-order chi connectivity index (χ0) is 13.7. The number of nitrogens with two attached hydrogens (primary N) is 1. The Morgan fingerprint density at radius 3 is 2.39 bits per heavy atom. The first-order valence-electron chi connectivity index (χ1n) is 5.18. The molecule has 0 aliphatic rings. The lowest BCUT2D eigenvalue weighted by atomic mass is 10.3. The molecule has 0 saturated heterocycles. The van der Waals surface area contributed by atoms with Gasteiger partial charge in [-0.15, -0.1) is 0 Å². The molecule has 1 unspecified atom stereocenters. The minimum atomic E-state index is -0.869. The van der Waals surface area contributed by atoms with Gasteiger partial charge in [-0.1, -0.05) is 6.07 Å². The summed E-state index contributed by atoms with van der Waals surface area (Å²) >= 11 is 0. The van der Waals surface area contributed by atoms with Crippen LogP contribution in [0.25, 0.3) is 0 Å². The van der Waals surface area contributed by atoms with Crippen LogP contribution in [0.2, 0.25) is 0 Å². The minimum absolute atomic E-state index is 0.280. The van der Waals surface area contributed by atoms with E-state index >= 15 is 0 Å². The lowest BCUT2D eigenvalue weighted by molar-refractivity contribution is -0.120. The van der Waals surface area contributed by atoms with Gasteiger partial charge in [-0.05, 0) is 19.1 Å². The molecule has 98 valence electrons. The third-order valence-corrected chi connectivity index (χ3v) is 2.22. The highest BCUT2D eigenvalue weighted by molar-refractivity contribution is 5.93. The van der Waals surface area contributed by atoms with Crippen LogP contribution in [0.5, 0.6) is 0 Å². The van der Waals surface area contributed by atoms with Crippen LogP contribution in [0.15, 0.2) is 18.2 Å². The van der Waals surface area contributed by atoms with Crippen LogP contribution >= 0.6 is 0 Å². The normalized spacial score (nSPS) is 11.9. The number of rotatable bonds is 5. The Morgan fingerprint density at radius 1 is 1.33 bits per heavy atom. The van der Waals surface area contributed by atoms with Crippen molar-refractivity contribution in [1.82, 2.24) is 5.32 Å². The lowest BCUT2D eigenvalue weighted by Crippen LogP contribution is -2.42. The smallest absolute Gasteiger partial charge is 0.238 e. The van der Waals surface area contributed by atoms with Crippen molar-refractivity contribution in [3.8, 4) is 0 Å². The molecule has 1 atom stereocenters. The molecule has 0 saturated carbocycles. The first-order valence-corrected chi connectivity index (χ1v) is 5.18. The maximum atomic E-state index is 13.2. The Balaban J connectivity index is 2.58. The van der Waals surface area contributed by atoms with Crippen LogP contribution in [-0.2, 0) is 9.59 Å². The topological polar surface area (TPSA) is 84.2 Å². The quantitative estimate of drug-likeness (QED) is 0.712. The standard InChI is InChI=1S/C11H13F2N3O2/c1-6(11(14)18)15-5-9(17)16-10-7(12)3-2-4-8(10)13/h2-4,6,15H,5H2,1H3,(H2,14,18)(H,16,17). The molecule has 0 spiro atoms. The van der Waals surface area contributed by atoms with Gasteiger partial charge in [0, 0.05) is 0 Å². The van der Waals surface area contributed by atoms with Crippen LogP contribution in [0.4, 0.5) is 14.5 Å². The van der Waals surface area contributed by atoms with Crippen LogP contribution in [0.1, 0.15) is 6.92 Å². The number of hydrogen-bond acceptors (Lipinski definition) is 3. The molecule has 18 heavy (non-hydrogen) atoms. The number of carbonyl (C=O) groups is 2. The molecule has 1 aromatic rings. The van der Waals surface area contributed by atoms with Crippen molar-refractivity contribution in [3.63, 3.8) is 0 Å². The van der Waals surface area contributed by atoms with E-state index in [0.29, 0.717) is 0 Å². The molecule has 0 aliphatic carbocycles. The monoisotopic (exact) mass is 257 g/mol. The first kappa shape index (κ1) is 14.0. The average molecular weight is 257 g/mol. The van der Waals surface area contributed by atoms with Crippen LogP contribution in [0, 0.1) is 11.6 Å². The zero-order valence-electron chi connectivity index (χ0n) is 9.67. The number of hydrogen-bond donors (Lipinski definition) is 3. The highest BCUT2D eigenvalue weighted by Crippen LogP contribution is 2.17. The summed E-state index contributed by atoms with van der Waals surface area (Å²) in [7, 11) is 0. The number of amides is 2. The van der Waals surface area contributed by atoms with Crippen molar-refractivity contribution >= 4 is 17.5 Å². The molecular formula is C11H13F2N3O2. The van der Waals surface area contributed by atoms with Gasteiger partial charge >= 0.3 is 0 Å². The predicted molar refractivity (Wildman–Crippen MR) is 61.6 cm³/mol. The average Bonchev–Trinajstić information content (AvgIpc) is 2.30. The van der Waals surface area contributed by atoms with Gasteiger partial charge in [-0.25, -0.2) is 8.78 Å². The van der Waals surface area contributed by atoms with Crippen LogP contribution in [0.3, 0.4) is 0 Å². The molecule has 1 aromatic carbocycles. The second-order valence-electron chi connectivity index (χ2n) is 3.65. The summed E-state index contributed by atoms with van der Waals surface area (Å²) in [6, 6.07) is 2.53. The molecule has 0 heterocycles. The van der Waals surface area contributed by atoms with Crippen molar-refractivity contribution < 1.29 is 18.4 Å². The highest BCUT2D eigenvalue weighted by atomic mass is 19.1. The number of nitrogens with one attached hydrogen (secondary N) is 2. The molecule has 1 rings (SSSR count). The van der Waals surface area contributed by atoms with E-state index in [4.69, 9.17) is 5.73 Å². The summed E-state index contributed by atoms with van der Waals surface area (Å²) in [5.41, 5.74) is 4.45. The molecular weight excluding hydrogens is 244 g/mol. The van der Waals surface area contributed by atoms with Crippen molar-refractivity contribution in [3.05, 3.63) is 29.8 Å². The summed E-state index contributed by atoms with van der Waals surface area (Å²) in [5, 5.41) is 4.58. The number of benzene rings is 1. The third kappa shape index (κ3) is 3.77. The van der Waals surface area contributed by atoms with Crippen molar-refractivity contribution in [2.24, 2.45) is 5.73 Å². The van der Waals surface area contributed by atoms with Crippen LogP contribution in [-0.4, -0.2) is 24.4 Å². The summed E-state index contributed by atoms with van der Waals surface area (Å²) in [4.78, 5) is 22.1. The molecule has 0 fully saturated rings. The summed E-state index contributed by atoms with van der Waals surface area (Å²) in [6.07, 6.45) is 0. The summed E-state index contributed by atoms with van der Waals surface area (Å²) in [5.74, 6) is -3.04. The minimum Gasteiger partial charge on any atom is -0.368 e. The summed E-state index contributed by atoms with van der Waals surface area (Å²) < 4.78 is 26.4. The number of anilines is 1. The van der Waals surface area contributed by atoms with Gasteiger partial charge in [0.25, 0.3) is 0 Å². The molecule has 4 N–H and O–H groups in total. The lowest BCUT2D eigenvalue weighted by Gasteiger charge is -2.11. The maximum absolute atomic E-state index is 13.2. The molecule has 0 radical (unpaired) electrons. The molecule has 7 heteroatoms. The zero-order valence-corrected chi connectivity index (χ0v) is 9.67. The third-order valence-electron chi connectivity index (χ3n) is 2.22. The van der Waals surface area contributed by atoms with Gasteiger partial charge in [0.1, 0.15) is 17.3 Å². The summed E-state index contributed by atoms with van der Waals surface area (Å²) in [6.45, 7) is 1.19. The molecule has 0 bridgehead atoms. The Bertz CT molecular complexity index is 445. The van der Waals surface area contributed by atoms with Crippen molar-refractivity contribution in [1.29, 1.82) is 0 Å². The molecule has 0 aliphatic heterocycles. The maximum Gasteiger partial charge on any atom is 0.238 e. The number of para-hydroxylation sites is 1. The first-order chi connectivity index (χ1) is 8.41. The van der Waals surface area contributed by atoms with Crippen molar-refractivity contribution in [2.75, 3.05) is 11.9 Å². The molecule has 0 aromatic heterocycles. The Morgan fingerprint density at radius 2 is 1.89 bits per heavy atom. The van der Waals surface area contributed by atoms with E-state index in [1.54, 1.807) is 0 Å². The second-order valence-corrected chi connectivity index (χ2v) is 3.65. The Labute approximate surface area is 102 Å². The van der Waals surface area contributed by atoms with E-state index in [1.165, 1.54) is 13.0 Å². The van der Waals surface area contributed by atoms with Gasteiger partial charge in [0.05, 0.1) is 12.6 Å². The fourth-order valence-electron chi connectivity index (χ4n) is 1.15. The Hall–Kier alpha value is -2.02. The van der Waals surface area contributed by atoms with E-state index in [9.17, 15) is 18.4 Å². The van der Waals surface area contributed by atoms with Gasteiger partial charge in [-0.3, -0.25) is 14.9 Å².